The molecule has 0 N–H and O–H groups in total. The van der Waals surface area contributed by atoms with Gasteiger partial charge in [0.25, 0.3) is 0 Å². The van der Waals surface area contributed by atoms with Crippen molar-refractivity contribution in [2.75, 3.05) is 14.2 Å². The van der Waals surface area contributed by atoms with Crippen LogP contribution in [0, 0.1) is 0 Å². The Labute approximate surface area is 147 Å². The molecule has 0 amide bonds. The van der Waals surface area contributed by atoms with Crippen molar-refractivity contribution >= 4 is 80.8 Å². The summed E-state index contributed by atoms with van der Waals surface area (Å²) in [7, 11) is 2.52. The van der Waals surface area contributed by atoms with Gasteiger partial charge in [-0.1, -0.05) is 12.1 Å². The number of ether oxygens (including phenoxy) is 2. The molecular formula is C10H11CsO4. The second-order valence-electron chi connectivity index (χ2n) is 2.53. The van der Waals surface area contributed by atoms with E-state index >= 15 is 0 Å². The first-order valence-corrected chi connectivity index (χ1v) is 3.96. The summed E-state index contributed by atoms with van der Waals surface area (Å²) in [5, 5.41) is 0. The Morgan fingerprint density at radius 2 is 1.27 bits per heavy atom. The van der Waals surface area contributed by atoms with Gasteiger partial charge in [0.2, 0.25) is 0 Å². The van der Waals surface area contributed by atoms with Crippen LogP contribution in [0.3, 0.4) is 0 Å². The number of carbonyl (C=O) groups is 2. The van der Waals surface area contributed by atoms with Gasteiger partial charge in [0, 0.05) is 0 Å². The molecule has 0 bridgehead atoms. The second kappa shape index (κ2) is 7.48. The molecule has 0 unspecified atom stereocenters. The van der Waals surface area contributed by atoms with Gasteiger partial charge < -0.3 is 9.47 Å². The van der Waals surface area contributed by atoms with Crippen LogP contribution in [0.4, 0.5) is 0 Å². The van der Waals surface area contributed by atoms with Gasteiger partial charge in [0.05, 0.1) is 25.3 Å². The molecule has 0 saturated carbocycles. The third kappa shape index (κ3) is 3.93. The van der Waals surface area contributed by atoms with Gasteiger partial charge in [-0.25, -0.2) is 9.59 Å². The maximum absolute atomic E-state index is 11.2. The summed E-state index contributed by atoms with van der Waals surface area (Å²) < 4.78 is 9.05. The van der Waals surface area contributed by atoms with Crippen LogP contribution in [-0.4, -0.2) is 95.1 Å². The van der Waals surface area contributed by atoms with Crippen LogP contribution < -0.4 is 0 Å². The number of hydrogen-bond donors (Lipinski definition) is 0. The molecule has 0 radical (unpaired) electrons. The van der Waals surface area contributed by atoms with Gasteiger partial charge in [0.15, 0.2) is 0 Å². The van der Waals surface area contributed by atoms with E-state index in [2.05, 4.69) is 9.47 Å². The molecule has 0 heterocycles. The van der Waals surface area contributed by atoms with Gasteiger partial charge in [-0.15, -0.1) is 0 Å². The molecule has 0 aliphatic heterocycles. The van der Waals surface area contributed by atoms with E-state index in [9.17, 15) is 9.59 Å². The third-order valence-electron chi connectivity index (χ3n) is 1.74. The molecule has 4 nitrogen and oxygen atoms in total. The van der Waals surface area contributed by atoms with Crippen LogP contribution in [0.1, 0.15) is 20.7 Å². The van der Waals surface area contributed by atoms with Crippen molar-refractivity contribution < 1.29 is 19.1 Å². The van der Waals surface area contributed by atoms with Gasteiger partial charge >= 0.3 is 80.8 Å². The standard InChI is InChI=1S/C10H10O4.Cs.H/c1-13-9(11)7-5-3-4-6-8(7)10(12)14-2;;/h3-6H,1-2H3;;. The van der Waals surface area contributed by atoms with Crippen LogP contribution in [0.15, 0.2) is 24.3 Å². The quantitative estimate of drug-likeness (QED) is 0.747. The third-order valence-corrected chi connectivity index (χ3v) is 1.74. The fourth-order valence-electron chi connectivity index (χ4n) is 1.06. The number of carbonyl (C=O) groups excluding carboxylic acids is 2. The van der Waals surface area contributed by atoms with E-state index in [0.29, 0.717) is 0 Å². The van der Waals surface area contributed by atoms with Crippen LogP contribution >= 0.6 is 0 Å². The van der Waals surface area contributed by atoms with E-state index in [-0.39, 0.29) is 80.0 Å². The van der Waals surface area contributed by atoms with Crippen molar-refractivity contribution in [1.82, 2.24) is 0 Å². The SMILES string of the molecule is COC(=O)c1ccccc1C(=O)OC.[CsH]. The molecule has 0 fully saturated rings. The minimum atomic E-state index is -0.550. The first-order chi connectivity index (χ1) is 6.70. The summed E-state index contributed by atoms with van der Waals surface area (Å²) in [6, 6.07) is 6.33. The molecule has 0 saturated heterocycles. The molecule has 1 rings (SSSR count). The Bertz CT molecular complexity index is 327. The fourth-order valence-corrected chi connectivity index (χ4v) is 1.06. The first-order valence-electron chi connectivity index (χ1n) is 3.96. The van der Waals surface area contributed by atoms with E-state index in [1.54, 1.807) is 12.1 Å². The van der Waals surface area contributed by atoms with Crippen molar-refractivity contribution in [3.8, 4) is 0 Å². The normalized spacial score (nSPS) is 8.67. The Morgan fingerprint density at radius 1 is 0.933 bits per heavy atom. The van der Waals surface area contributed by atoms with Gasteiger partial charge in [-0.05, 0) is 12.1 Å². The van der Waals surface area contributed by atoms with E-state index in [1.807, 2.05) is 0 Å². The number of rotatable bonds is 2. The molecule has 0 atom stereocenters. The summed E-state index contributed by atoms with van der Waals surface area (Å²) >= 11 is 0. The molecule has 0 aliphatic carbocycles. The van der Waals surface area contributed by atoms with E-state index in [0.717, 1.165) is 0 Å². The Morgan fingerprint density at radius 3 is 1.53 bits per heavy atom. The van der Waals surface area contributed by atoms with E-state index in [4.69, 9.17) is 0 Å². The zero-order valence-corrected chi connectivity index (χ0v) is 7.94. The second-order valence-corrected chi connectivity index (χ2v) is 2.53. The Balaban J connectivity index is 0.00000196. The minimum absolute atomic E-state index is 0. The molecule has 5 heteroatoms. The molecule has 76 valence electrons. The monoisotopic (exact) mass is 328 g/mol. The molecular weight excluding hydrogens is 317 g/mol. The van der Waals surface area contributed by atoms with Gasteiger partial charge in [-0.3, -0.25) is 0 Å². The number of hydrogen-bond acceptors (Lipinski definition) is 4. The van der Waals surface area contributed by atoms with Crippen molar-refractivity contribution in [2.24, 2.45) is 0 Å². The summed E-state index contributed by atoms with van der Waals surface area (Å²) in [4.78, 5) is 22.4. The zero-order valence-electron chi connectivity index (χ0n) is 7.94. The van der Waals surface area contributed by atoms with Crippen LogP contribution in [-0.2, 0) is 9.47 Å². The van der Waals surface area contributed by atoms with Crippen molar-refractivity contribution in [2.45, 2.75) is 0 Å². The Kier molecular flexibility index (Phi) is 7.59. The van der Waals surface area contributed by atoms with Crippen LogP contribution in [0.25, 0.3) is 0 Å². The predicted octanol–water partition coefficient (Wildman–Crippen LogP) is 0.611. The van der Waals surface area contributed by atoms with Crippen molar-refractivity contribution in [3.05, 3.63) is 35.4 Å². The van der Waals surface area contributed by atoms with Crippen LogP contribution in [0.2, 0.25) is 0 Å². The van der Waals surface area contributed by atoms with Crippen LogP contribution in [0.5, 0.6) is 0 Å². The van der Waals surface area contributed by atoms with Crippen molar-refractivity contribution in [1.29, 1.82) is 0 Å². The predicted molar refractivity (Wildman–Crippen MR) is 56.3 cm³/mol. The summed E-state index contributed by atoms with van der Waals surface area (Å²) in [5.41, 5.74) is 0.420. The van der Waals surface area contributed by atoms with Gasteiger partial charge in [-0.2, -0.15) is 0 Å². The summed E-state index contributed by atoms with van der Waals surface area (Å²) in [6.07, 6.45) is 0. The van der Waals surface area contributed by atoms with E-state index < -0.39 is 11.9 Å². The number of methoxy groups -OCH3 is 2. The molecule has 15 heavy (non-hydrogen) atoms. The number of esters is 2. The first kappa shape index (κ1) is 15.2. The molecule has 0 aromatic heterocycles. The van der Waals surface area contributed by atoms with Crippen molar-refractivity contribution in [3.63, 3.8) is 0 Å². The average molecular weight is 328 g/mol. The number of benzene rings is 1. The summed E-state index contributed by atoms with van der Waals surface area (Å²) in [6.45, 7) is 0. The molecule has 0 aliphatic rings. The molecule has 1 aromatic carbocycles. The molecule has 0 spiro atoms. The van der Waals surface area contributed by atoms with E-state index in [1.165, 1.54) is 26.4 Å². The summed E-state index contributed by atoms with van der Waals surface area (Å²) in [5.74, 6) is -1.10. The Hall–Kier alpha value is 0.212. The molecule has 1 aromatic rings. The fraction of sp³-hybridized carbons (Fsp3) is 0.200. The average Bonchev–Trinajstić information content (AvgIpc) is 2.27. The maximum atomic E-state index is 11.2. The van der Waals surface area contributed by atoms with Gasteiger partial charge in [0.1, 0.15) is 0 Å². The topological polar surface area (TPSA) is 52.6 Å². The zero-order chi connectivity index (χ0) is 10.6.